The Morgan fingerprint density at radius 2 is 1.46 bits per heavy atom. The lowest BCUT2D eigenvalue weighted by Crippen LogP contribution is -2.58. The highest BCUT2D eigenvalue weighted by atomic mass is 28.4. The number of esters is 1. The zero-order valence-corrected chi connectivity index (χ0v) is 27.6. The first-order valence-corrected chi connectivity index (χ1v) is 18.7. The lowest BCUT2D eigenvalue weighted by atomic mass is 9.98. The summed E-state index contributed by atoms with van der Waals surface area (Å²) >= 11 is 0. The average Bonchev–Trinajstić information content (AvgIpc) is 2.66. The molecule has 0 aliphatic heterocycles. The second-order valence-electron chi connectivity index (χ2n) is 13.8. The van der Waals surface area contributed by atoms with Crippen LogP contribution in [0.2, 0.25) is 36.3 Å². The van der Waals surface area contributed by atoms with Crippen molar-refractivity contribution in [3.05, 3.63) is 10.4 Å². The van der Waals surface area contributed by atoms with Crippen molar-refractivity contribution in [1.82, 2.24) is 5.32 Å². The fraction of sp³-hybridized carbons (Fsp3) is 0.920. The van der Waals surface area contributed by atoms with E-state index in [2.05, 4.69) is 70.0 Å². The SMILES string of the molecule is CC(=O)N[C@@H]([C@H](O)CO[Si](C)(C)C(C)(C)C)[C@H](C[C@H](N=[N+]=[N-])C(=O)OC(C)(C)C)O[Si](C)(C)C(C)(C)C. The molecule has 0 radical (unpaired) electrons. The van der Waals surface area contributed by atoms with Crippen LogP contribution in [0.3, 0.4) is 0 Å². The smallest absolute Gasteiger partial charge is 0.315 e. The van der Waals surface area contributed by atoms with E-state index in [1.165, 1.54) is 6.92 Å². The van der Waals surface area contributed by atoms with E-state index in [1.54, 1.807) is 20.8 Å². The van der Waals surface area contributed by atoms with Gasteiger partial charge in [-0.2, -0.15) is 0 Å². The molecule has 37 heavy (non-hydrogen) atoms. The van der Waals surface area contributed by atoms with E-state index in [1.807, 2.05) is 13.1 Å². The number of hydrogen-bond donors (Lipinski definition) is 2. The Balaban J connectivity index is 6.43. The lowest BCUT2D eigenvalue weighted by Gasteiger charge is -2.43. The minimum atomic E-state index is -2.47. The fourth-order valence-electron chi connectivity index (χ4n) is 2.95. The van der Waals surface area contributed by atoms with Crippen molar-refractivity contribution < 1.29 is 28.3 Å². The number of rotatable bonds is 12. The minimum Gasteiger partial charge on any atom is -0.460 e. The van der Waals surface area contributed by atoms with Gasteiger partial charge in [0, 0.05) is 11.8 Å². The lowest BCUT2D eigenvalue weighted by molar-refractivity contribution is -0.157. The Morgan fingerprint density at radius 1 is 0.973 bits per heavy atom. The van der Waals surface area contributed by atoms with Gasteiger partial charge in [0.2, 0.25) is 5.91 Å². The van der Waals surface area contributed by atoms with Gasteiger partial charge in [0.25, 0.3) is 0 Å². The summed E-state index contributed by atoms with van der Waals surface area (Å²) in [6.45, 7) is 27.3. The van der Waals surface area contributed by atoms with Crippen molar-refractivity contribution in [2.45, 2.75) is 142 Å². The van der Waals surface area contributed by atoms with Crippen LogP contribution in [0.4, 0.5) is 0 Å². The van der Waals surface area contributed by atoms with Crippen molar-refractivity contribution >= 4 is 28.5 Å². The van der Waals surface area contributed by atoms with Crippen molar-refractivity contribution in [3.63, 3.8) is 0 Å². The molecule has 1 amide bonds. The summed E-state index contributed by atoms with van der Waals surface area (Å²) in [6.07, 6.45) is -2.04. The molecule has 0 saturated heterocycles. The van der Waals surface area contributed by atoms with Crippen LogP contribution in [-0.2, 0) is 23.2 Å². The van der Waals surface area contributed by atoms with Gasteiger partial charge in [-0.15, -0.1) is 0 Å². The number of amides is 1. The number of nitrogens with zero attached hydrogens (tertiary/aromatic N) is 3. The van der Waals surface area contributed by atoms with E-state index in [4.69, 9.17) is 13.6 Å². The number of hydrogen-bond acceptors (Lipinski definition) is 7. The second-order valence-corrected chi connectivity index (χ2v) is 23.3. The van der Waals surface area contributed by atoms with Crippen LogP contribution in [0.15, 0.2) is 5.11 Å². The highest BCUT2D eigenvalue weighted by molar-refractivity contribution is 6.74. The average molecular weight is 561 g/mol. The van der Waals surface area contributed by atoms with Gasteiger partial charge in [-0.25, -0.2) is 0 Å². The molecule has 0 bridgehead atoms. The highest BCUT2D eigenvalue weighted by Crippen LogP contribution is 2.39. The van der Waals surface area contributed by atoms with Crippen molar-refractivity contribution in [1.29, 1.82) is 0 Å². The normalized spacial score (nSPS) is 16.7. The Labute approximate surface area is 226 Å². The molecule has 0 rings (SSSR count). The third-order valence-corrected chi connectivity index (χ3v) is 16.2. The molecule has 0 heterocycles. The molecule has 2 N–H and O–H groups in total. The van der Waals surface area contributed by atoms with Gasteiger partial charge in [-0.3, -0.25) is 9.59 Å². The summed E-state index contributed by atoms with van der Waals surface area (Å²) in [5, 5.41) is 17.6. The predicted octanol–water partition coefficient (Wildman–Crippen LogP) is 5.67. The van der Waals surface area contributed by atoms with Crippen LogP contribution in [0.1, 0.15) is 75.7 Å². The zero-order valence-electron chi connectivity index (χ0n) is 25.6. The van der Waals surface area contributed by atoms with E-state index < -0.39 is 52.5 Å². The van der Waals surface area contributed by atoms with E-state index >= 15 is 0 Å². The van der Waals surface area contributed by atoms with Gasteiger partial charge in [0.05, 0.1) is 24.9 Å². The molecule has 0 fully saturated rings. The summed E-state index contributed by atoms with van der Waals surface area (Å²) in [5.74, 6) is -1.06. The number of aliphatic hydroxyl groups is 1. The Morgan fingerprint density at radius 3 is 1.84 bits per heavy atom. The molecule has 0 aliphatic rings. The maximum Gasteiger partial charge on any atom is 0.315 e. The molecule has 216 valence electrons. The highest BCUT2D eigenvalue weighted by Gasteiger charge is 2.45. The third kappa shape index (κ3) is 11.9. The summed E-state index contributed by atoms with van der Waals surface area (Å²) in [5.41, 5.74) is 8.40. The summed E-state index contributed by atoms with van der Waals surface area (Å²) in [4.78, 5) is 28.0. The molecular weight excluding hydrogens is 508 g/mol. The van der Waals surface area contributed by atoms with E-state index in [9.17, 15) is 20.2 Å². The van der Waals surface area contributed by atoms with E-state index in [-0.39, 0.29) is 29.0 Å². The maximum atomic E-state index is 12.9. The largest absolute Gasteiger partial charge is 0.460 e. The summed E-state index contributed by atoms with van der Waals surface area (Å²) < 4.78 is 18.4. The molecule has 0 aromatic rings. The first-order chi connectivity index (χ1) is 16.3. The van der Waals surface area contributed by atoms with Crippen LogP contribution < -0.4 is 5.32 Å². The van der Waals surface area contributed by atoms with E-state index in [0.717, 1.165) is 0 Å². The van der Waals surface area contributed by atoms with Gasteiger partial charge < -0.3 is 24.0 Å². The molecule has 0 unspecified atom stereocenters. The first kappa shape index (κ1) is 35.6. The van der Waals surface area contributed by atoms with Gasteiger partial charge in [0.15, 0.2) is 16.6 Å². The molecule has 0 aromatic carbocycles. The van der Waals surface area contributed by atoms with Crippen LogP contribution >= 0.6 is 0 Å². The number of aliphatic hydroxyl groups excluding tert-OH is 1. The minimum absolute atomic E-state index is 0.0164. The van der Waals surface area contributed by atoms with Gasteiger partial charge in [-0.05, 0) is 69.0 Å². The predicted molar refractivity (Wildman–Crippen MR) is 152 cm³/mol. The standard InChI is InChI=1S/C25H52N4O6Si2/c1-17(30)27-21(19(31)16-33-36(11,12)24(5,6)7)20(35-37(13,14)25(8,9)10)15-18(28-29-26)22(32)34-23(2,3)4/h18-21,31H,15-16H2,1-14H3,(H,27,30)/t18-,19+,20-,21-/m0/s1. The van der Waals surface area contributed by atoms with Crippen LogP contribution in [0.25, 0.3) is 10.4 Å². The molecule has 12 heteroatoms. The zero-order chi connectivity index (χ0) is 29.6. The number of ether oxygens (including phenoxy) is 1. The van der Waals surface area contributed by atoms with Crippen molar-refractivity contribution in [2.24, 2.45) is 5.11 Å². The number of carbonyl (C=O) groups is 2. The van der Waals surface area contributed by atoms with Crippen molar-refractivity contribution in [3.8, 4) is 0 Å². The molecule has 0 aromatic heterocycles. The third-order valence-electron chi connectivity index (χ3n) is 7.18. The van der Waals surface area contributed by atoms with Gasteiger partial charge in [-0.1, -0.05) is 46.7 Å². The maximum absolute atomic E-state index is 12.9. The Kier molecular flexibility index (Phi) is 12.6. The monoisotopic (exact) mass is 560 g/mol. The fourth-order valence-corrected chi connectivity index (χ4v) is 5.33. The molecule has 0 spiro atoms. The Bertz CT molecular complexity index is 825. The summed E-state index contributed by atoms with van der Waals surface area (Å²) in [6, 6.07) is -2.11. The quantitative estimate of drug-likeness (QED) is 0.103. The first-order valence-electron chi connectivity index (χ1n) is 12.9. The number of nitrogens with one attached hydrogen (secondary N) is 1. The van der Waals surface area contributed by atoms with E-state index in [0.29, 0.717) is 0 Å². The van der Waals surface area contributed by atoms with Crippen LogP contribution in [0, 0.1) is 0 Å². The second kappa shape index (κ2) is 13.1. The van der Waals surface area contributed by atoms with Crippen LogP contribution in [0.5, 0.6) is 0 Å². The Hall–Kier alpha value is -1.44. The van der Waals surface area contributed by atoms with Gasteiger partial charge in [0.1, 0.15) is 11.6 Å². The molecule has 0 aliphatic carbocycles. The molecule has 0 saturated carbocycles. The van der Waals surface area contributed by atoms with Crippen LogP contribution in [-0.4, -0.2) is 70.1 Å². The molecule has 4 atom stereocenters. The number of azide groups is 1. The topological polar surface area (TPSA) is 143 Å². The summed E-state index contributed by atoms with van der Waals surface area (Å²) in [7, 11) is -4.67. The van der Waals surface area contributed by atoms with Gasteiger partial charge >= 0.3 is 5.97 Å². The molecular formula is C25H52N4O6Si2. The molecule has 10 nitrogen and oxygen atoms in total. The van der Waals surface area contributed by atoms with Crippen molar-refractivity contribution in [2.75, 3.05) is 6.61 Å². The number of carbonyl (C=O) groups excluding carboxylic acids is 2.